The first-order valence-corrected chi connectivity index (χ1v) is 15.2. The van der Waals surface area contributed by atoms with Gasteiger partial charge in [0.25, 0.3) is 5.91 Å². The van der Waals surface area contributed by atoms with Gasteiger partial charge >= 0.3 is 0 Å². The monoisotopic (exact) mass is 584 g/mol. The summed E-state index contributed by atoms with van der Waals surface area (Å²) in [5, 5.41) is 3.31. The van der Waals surface area contributed by atoms with Gasteiger partial charge < -0.3 is 14.8 Å². The van der Waals surface area contributed by atoms with Gasteiger partial charge in [-0.05, 0) is 108 Å². The normalized spacial score (nSPS) is 16.8. The molecule has 0 spiro atoms. The number of nitrogens with one attached hydrogen (secondary N) is 1. The van der Waals surface area contributed by atoms with Crippen LogP contribution >= 0.6 is 11.6 Å². The number of carbonyl (C=O) groups excluding carboxylic acids is 1. The Labute approximate surface area is 242 Å². The van der Waals surface area contributed by atoms with Crippen LogP contribution in [0.4, 0.5) is 5.69 Å². The Bertz CT molecular complexity index is 1440. The molecule has 1 saturated heterocycles. The van der Waals surface area contributed by atoms with Gasteiger partial charge in [-0.2, -0.15) is 0 Å². The molecule has 7 nitrogen and oxygen atoms in total. The van der Waals surface area contributed by atoms with Crippen molar-refractivity contribution in [3.05, 3.63) is 77.3 Å². The van der Waals surface area contributed by atoms with Gasteiger partial charge in [-0.3, -0.25) is 9.69 Å². The van der Waals surface area contributed by atoms with Crippen molar-refractivity contribution in [3.63, 3.8) is 0 Å². The van der Waals surface area contributed by atoms with Crippen molar-refractivity contribution in [2.45, 2.75) is 67.8 Å². The molecule has 9 heteroatoms. The van der Waals surface area contributed by atoms with Crippen LogP contribution in [0.25, 0.3) is 0 Å². The van der Waals surface area contributed by atoms with E-state index in [1.807, 2.05) is 0 Å². The summed E-state index contributed by atoms with van der Waals surface area (Å²) in [6.45, 7) is 10.4. The van der Waals surface area contributed by atoms with E-state index >= 15 is 0 Å². The van der Waals surface area contributed by atoms with Crippen LogP contribution in [0.2, 0.25) is 5.02 Å². The number of anilines is 1. The second-order valence-electron chi connectivity index (χ2n) is 11.3. The van der Waals surface area contributed by atoms with Crippen LogP contribution in [0.3, 0.4) is 0 Å². The van der Waals surface area contributed by atoms with Gasteiger partial charge in [-0.1, -0.05) is 11.6 Å². The highest BCUT2D eigenvalue weighted by molar-refractivity contribution is 7.91. The van der Waals surface area contributed by atoms with E-state index in [2.05, 4.69) is 37.9 Å². The zero-order valence-corrected chi connectivity index (χ0v) is 25.2. The number of hydrogen-bond acceptors (Lipinski definition) is 6. The molecular weight excluding hydrogens is 548 g/mol. The van der Waals surface area contributed by atoms with Gasteiger partial charge in [0, 0.05) is 40.0 Å². The van der Waals surface area contributed by atoms with Gasteiger partial charge in [-0.25, -0.2) is 8.42 Å². The van der Waals surface area contributed by atoms with E-state index in [1.165, 1.54) is 55.0 Å². The van der Waals surface area contributed by atoms with E-state index in [1.54, 1.807) is 25.3 Å². The maximum absolute atomic E-state index is 13.0. The molecule has 1 amide bonds. The van der Waals surface area contributed by atoms with Crippen molar-refractivity contribution >= 4 is 33.0 Å². The molecule has 1 aliphatic rings. The lowest BCUT2D eigenvalue weighted by Gasteiger charge is -2.53. The summed E-state index contributed by atoms with van der Waals surface area (Å²) in [7, 11) is -2.15. The topological polar surface area (TPSA) is 84.9 Å². The predicted molar refractivity (Wildman–Crippen MR) is 159 cm³/mol. The fourth-order valence-corrected chi connectivity index (χ4v) is 6.89. The Hall–Kier alpha value is -3.07. The van der Waals surface area contributed by atoms with E-state index in [9.17, 15) is 13.2 Å². The summed E-state index contributed by atoms with van der Waals surface area (Å²) in [6.07, 6.45) is 3.51. The summed E-state index contributed by atoms with van der Waals surface area (Å²) in [4.78, 5) is 15.7. The van der Waals surface area contributed by atoms with Crippen LogP contribution in [-0.2, 0) is 9.84 Å². The van der Waals surface area contributed by atoms with Crippen LogP contribution in [0.15, 0.2) is 76.5 Å². The highest BCUT2D eigenvalue weighted by atomic mass is 35.5. The molecule has 1 fully saturated rings. The Morgan fingerprint density at radius 2 is 1.48 bits per heavy atom. The molecule has 3 aromatic rings. The molecule has 214 valence electrons. The number of ether oxygens (including phenoxy) is 2. The third-order valence-electron chi connectivity index (χ3n) is 7.58. The lowest BCUT2D eigenvalue weighted by atomic mass is 9.80. The van der Waals surface area contributed by atoms with E-state index in [4.69, 9.17) is 21.1 Å². The Morgan fingerprint density at radius 3 is 2.05 bits per heavy atom. The molecule has 1 heterocycles. The second-order valence-corrected chi connectivity index (χ2v) is 13.7. The third kappa shape index (κ3) is 6.62. The van der Waals surface area contributed by atoms with Crippen LogP contribution in [-0.4, -0.2) is 50.6 Å². The number of sulfone groups is 1. The number of methoxy groups -OCH3 is 1. The Kier molecular flexibility index (Phi) is 8.83. The van der Waals surface area contributed by atoms with Gasteiger partial charge in [0.15, 0.2) is 11.5 Å². The lowest BCUT2D eigenvalue weighted by molar-refractivity contribution is -0.0341. The zero-order valence-electron chi connectivity index (χ0n) is 23.7. The van der Waals surface area contributed by atoms with Gasteiger partial charge in [0.05, 0.1) is 16.9 Å². The van der Waals surface area contributed by atoms with Gasteiger partial charge in [0.1, 0.15) is 6.61 Å². The van der Waals surface area contributed by atoms with Gasteiger partial charge in [0.2, 0.25) is 9.84 Å². The highest BCUT2D eigenvalue weighted by Gasteiger charge is 2.40. The van der Waals surface area contributed by atoms with Crippen molar-refractivity contribution < 1.29 is 22.7 Å². The number of piperidine rings is 1. The summed E-state index contributed by atoms with van der Waals surface area (Å²) in [5.41, 5.74) is 1.05. The zero-order chi connectivity index (χ0) is 29.1. The van der Waals surface area contributed by atoms with Crippen molar-refractivity contribution in [1.82, 2.24) is 4.90 Å². The maximum Gasteiger partial charge on any atom is 0.255 e. The summed E-state index contributed by atoms with van der Waals surface area (Å²) in [6, 6.07) is 17.0. The molecule has 4 rings (SSSR count). The predicted octanol–water partition coefficient (Wildman–Crippen LogP) is 6.86. The van der Waals surface area contributed by atoms with E-state index in [0.717, 1.165) is 19.4 Å². The Morgan fingerprint density at radius 1 is 0.900 bits per heavy atom. The largest absolute Gasteiger partial charge is 0.493 e. The fraction of sp³-hybridized carbons (Fsp3) is 0.387. The second kappa shape index (κ2) is 11.8. The minimum atomic E-state index is -3.73. The number of halogens is 1. The number of rotatable bonds is 9. The number of likely N-dealkylation sites (tertiary alicyclic amines) is 1. The molecule has 0 saturated carbocycles. The minimum absolute atomic E-state index is 0.0894. The van der Waals surface area contributed by atoms with E-state index < -0.39 is 9.84 Å². The first-order valence-electron chi connectivity index (χ1n) is 13.3. The third-order valence-corrected chi connectivity index (χ3v) is 9.62. The average molecular weight is 585 g/mol. The molecule has 3 aromatic carbocycles. The number of benzene rings is 3. The van der Waals surface area contributed by atoms with E-state index in [-0.39, 0.29) is 26.8 Å². The molecule has 0 atom stereocenters. The molecule has 0 aromatic heterocycles. The molecule has 0 aliphatic carbocycles. The molecular formula is C31H37ClN2O5S. The summed E-state index contributed by atoms with van der Waals surface area (Å²) in [5.74, 6) is 0.743. The lowest BCUT2D eigenvalue weighted by Crippen LogP contribution is -2.59. The number of hydrogen-bond donors (Lipinski definition) is 1. The van der Waals surface area contributed by atoms with Crippen molar-refractivity contribution in [2.24, 2.45) is 0 Å². The maximum atomic E-state index is 13.0. The first kappa shape index (κ1) is 29.9. The van der Waals surface area contributed by atoms with Crippen LogP contribution < -0.4 is 14.8 Å². The van der Waals surface area contributed by atoms with Crippen molar-refractivity contribution in [3.8, 4) is 11.5 Å². The van der Waals surface area contributed by atoms with Crippen molar-refractivity contribution in [1.29, 1.82) is 0 Å². The average Bonchev–Trinajstić information content (AvgIpc) is 2.90. The molecule has 0 bridgehead atoms. The van der Waals surface area contributed by atoms with Crippen LogP contribution in [0, 0.1) is 0 Å². The molecule has 40 heavy (non-hydrogen) atoms. The summed E-state index contributed by atoms with van der Waals surface area (Å²) >= 11 is 5.88. The standard InChI is InChI=1S/C31H37ClN2O5S/c1-30(2)17-6-18-31(3,4)34(30)19-20-39-28-21-24(11-16-27(28)38-5)33-29(35)22-7-12-25(13-8-22)40(36,37)26-14-9-23(32)10-15-26/h7-16,21H,6,17-20H2,1-5H3,(H,33,35). The number of nitrogens with zero attached hydrogens (tertiary/aromatic N) is 1. The highest BCUT2D eigenvalue weighted by Crippen LogP contribution is 2.38. The fourth-order valence-electron chi connectivity index (χ4n) is 5.50. The quantitative estimate of drug-likeness (QED) is 0.296. The number of carbonyl (C=O) groups is 1. The molecule has 1 aliphatic heterocycles. The van der Waals surface area contributed by atoms with Crippen molar-refractivity contribution in [2.75, 3.05) is 25.6 Å². The smallest absolute Gasteiger partial charge is 0.255 e. The van der Waals surface area contributed by atoms with Crippen LogP contribution in [0.1, 0.15) is 57.3 Å². The minimum Gasteiger partial charge on any atom is -0.493 e. The SMILES string of the molecule is COc1ccc(NC(=O)c2ccc(S(=O)(=O)c3ccc(Cl)cc3)cc2)cc1OCCN1C(C)(C)CCCC1(C)C. The van der Waals surface area contributed by atoms with E-state index in [0.29, 0.717) is 34.4 Å². The van der Waals surface area contributed by atoms with Gasteiger partial charge in [-0.15, -0.1) is 0 Å². The summed E-state index contributed by atoms with van der Waals surface area (Å²) < 4.78 is 37.4. The first-order chi connectivity index (χ1) is 18.8. The molecule has 1 N–H and O–H groups in total. The molecule has 0 unspecified atom stereocenters. The molecule has 0 radical (unpaired) electrons. The van der Waals surface area contributed by atoms with Crippen LogP contribution in [0.5, 0.6) is 11.5 Å². The Balaban J connectivity index is 1.43. The number of amides is 1.